The molecule has 0 spiro atoms. The minimum absolute atomic E-state index is 0.0951. The number of ether oxygens (including phenoxy) is 3. The summed E-state index contributed by atoms with van der Waals surface area (Å²) in [6.45, 7) is 6.38. The van der Waals surface area contributed by atoms with E-state index in [0.29, 0.717) is 19.3 Å². The first-order chi connectivity index (χ1) is 38.0. The molecule has 0 N–H and O–H groups in total. The van der Waals surface area contributed by atoms with Crippen molar-refractivity contribution in [3.8, 4) is 0 Å². The normalized spacial score (nSPS) is 13.1. The zero-order chi connectivity index (χ0) is 55.7. The topological polar surface area (TPSA) is 78.9 Å². The van der Waals surface area contributed by atoms with Crippen LogP contribution in [0.4, 0.5) is 0 Å². The standard InChI is InChI=1S/C71H114O6/c1-4-7-10-13-16-19-22-24-25-26-27-28-29-30-31-32-33-34-35-36-37-38-39-40-41-42-43-44-45-47-49-52-55-58-61-64-70(73)76-67-68(66-75-69(72)63-60-57-54-51-48-21-18-15-12-9-6-3)77-71(74)65-62-59-56-53-50-46-23-20-17-14-11-8-5-2/h7,10-11,14-16,18-20,23-25,27-28,30-31,33-34,36-37,39-40,42-43,68H,4-6,8-9,12-13,17,21-22,26,29,32,35,38,41,44-67H2,1-3H3/b10-7-,14-11-,18-15-,19-16-,23-20-,25-24-,28-27-,31-30-,34-33-,37-36-,40-39-,43-42-. The molecule has 0 aromatic rings. The molecule has 0 aromatic heterocycles. The van der Waals surface area contributed by atoms with E-state index in [0.717, 1.165) is 167 Å². The van der Waals surface area contributed by atoms with Gasteiger partial charge in [0.25, 0.3) is 0 Å². The second kappa shape index (κ2) is 63.8. The molecule has 0 fully saturated rings. The fourth-order valence-corrected chi connectivity index (χ4v) is 8.10. The van der Waals surface area contributed by atoms with Crippen molar-refractivity contribution in [1.82, 2.24) is 0 Å². The lowest BCUT2D eigenvalue weighted by Crippen LogP contribution is -2.30. The average molecular weight is 1060 g/mol. The molecule has 0 aliphatic heterocycles. The van der Waals surface area contributed by atoms with Crippen LogP contribution in [0.2, 0.25) is 0 Å². The number of hydrogen-bond acceptors (Lipinski definition) is 6. The number of carbonyl (C=O) groups excluding carboxylic acids is 3. The maximum atomic E-state index is 12.8. The molecule has 6 nitrogen and oxygen atoms in total. The Balaban J connectivity index is 4.23. The summed E-state index contributed by atoms with van der Waals surface area (Å²) in [5.74, 6) is -0.934. The largest absolute Gasteiger partial charge is 0.462 e. The Morgan fingerprint density at radius 2 is 0.532 bits per heavy atom. The Morgan fingerprint density at radius 3 is 0.857 bits per heavy atom. The van der Waals surface area contributed by atoms with Gasteiger partial charge >= 0.3 is 17.9 Å². The number of esters is 3. The Labute approximate surface area is 474 Å². The van der Waals surface area contributed by atoms with Crippen molar-refractivity contribution in [2.75, 3.05) is 13.2 Å². The van der Waals surface area contributed by atoms with Crippen molar-refractivity contribution < 1.29 is 28.6 Å². The van der Waals surface area contributed by atoms with Gasteiger partial charge in [-0.05, 0) is 135 Å². The minimum atomic E-state index is -0.798. The van der Waals surface area contributed by atoms with E-state index in [9.17, 15) is 14.4 Å². The third-order valence-electron chi connectivity index (χ3n) is 12.8. The van der Waals surface area contributed by atoms with Gasteiger partial charge in [0.05, 0.1) is 0 Å². The van der Waals surface area contributed by atoms with Crippen molar-refractivity contribution in [1.29, 1.82) is 0 Å². The lowest BCUT2D eigenvalue weighted by atomic mass is 10.1. The molecule has 0 aromatic carbocycles. The predicted octanol–water partition coefficient (Wildman–Crippen LogP) is 21.5. The average Bonchev–Trinajstić information content (AvgIpc) is 3.43. The number of allylic oxidation sites excluding steroid dienone is 24. The van der Waals surface area contributed by atoms with E-state index in [-0.39, 0.29) is 31.1 Å². The fourth-order valence-electron chi connectivity index (χ4n) is 8.10. The molecule has 0 rings (SSSR count). The minimum Gasteiger partial charge on any atom is -0.462 e. The molecule has 0 heterocycles. The van der Waals surface area contributed by atoms with Crippen LogP contribution in [0.1, 0.15) is 265 Å². The molecule has 0 radical (unpaired) electrons. The summed E-state index contributed by atoms with van der Waals surface area (Å²) in [6.07, 6.45) is 91.5. The number of carbonyl (C=O) groups is 3. The quantitative estimate of drug-likeness (QED) is 0.0261. The van der Waals surface area contributed by atoms with Gasteiger partial charge < -0.3 is 14.2 Å². The summed E-state index contributed by atoms with van der Waals surface area (Å²) < 4.78 is 16.8. The van der Waals surface area contributed by atoms with E-state index < -0.39 is 6.10 Å². The Kier molecular flexibility index (Phi) is 59.9. The molecule has 0 saturated carbocycles. The summed E-state index contributed by atoms with van der Waals surface area (Å²) in [5, 5.41) is 0. The Morgan fingerprint density at radius 1 is 0.273 bits per heavy atom. The Hall–Kier alpha value is -4.71. The van der Waals surface area contributed by atoms with Crippen molar-refractivity contribution >= 4 is 17.9 Å². The molecule has 434 valence electrons. The second-order valence-corrected chi connectivity index (χ2v) is 20.2. The van der Waals surface area contributed by atoms with Gasteiger partial charge in [-0.15, -0.1) is 0 Å². The van der Waals surface area contributed by atoms with Gasteiger partial charge in [0.2, 0.25) is 0 Å². The van der Waals surface area contributed by atoms with Crippen LogP contribution >= 0.6 is 0 Å². The van der Waals surface area contributed by atoms with Crippen LogP contribution in [0.15, 0.2) is 146 Å². The van der Waals surface area contributed by atoms with Crippen molar-refractivity contribution in [2.24, 2.45) is 0 Å². The predicted molar refractivity (Wildman–Crippen MR) is 334 cm³/mol. The summed E-state index contributed by atoms with van der Waals surface area (Å²) in [5.41, 5.74) is 0. The van der Waals surface area contributed by atoms with Crippen molar-refractivity contribution in [2.45, 2.75) is 271 Å². The first-order valence-corrected chi connectivity index (χ1v) is 31.3. The third kappa shape index (κ3) is 62.0. The highest BCUT2D eigenvalue weighted by Gasteiger charge is 2.19. The van der Waals surface area contributed by atoms with Crippen LogP contribution in [0.5, 0.6) is 0 Å². The van der Waals surface area contributed by atoms with Gasteiger partial charge in [-0.2, -0.15) is 0 Å². The number of unbranched alkanes of at least 4 members (excludes halogenated alkanes) is 20. The highest BCUT2D eigenvalue weighted by Crippen LogP contribution is 2.14. The Bertz CT molecular complexity index is 1700. The van der Waals surface area contributed by atoms with Crippen LogP contribution in [0.3, 0.4) is 0 Å². The molecule has 6 heteroatoms. The van der Waals surface area contributed by atoms with Gasteiger partial charge in [0, 0.05) is 19.3 Å². The highest BCUT2D eigenvalue weighted by molar-refractivity contribution is 5.71. The van der Waals surface area contributed by atoms with Gasteiger partial charge in [-0.3, -0.25) is 14.4 Å². The molecule has 1 unspecified atom stereocenters. The maximum absolute atomic E-state index is 12.8. The summed E-state index contributed by atoms with van der Waals surface area (Å²) in [6, 6.07) is 0. The van der Waals surface area contributed by atoms with E-state index in [1.54, 1.807) is 0 Å². The number of rotatable bonds is 55. The van der Waals surface area contributed by atoms with Gasteiger partial charge in [0.15, 0.2) is 6.10 Å². The van der Waals surface area contributed by atoms with Crippen LogP contribution in [0, 0.1) is 0 Å². The van der Waals surface area contributed by atoms with Gasteiger partial charge in [-0.1, -0.05) is 256 Å². The van der Waals surface area contributed by atoms with E-state index in [2.05, 4.69) is 167 Å². The molecule has 0 aliphatic carbocycles. The van der Waals surface area contributed by atoms with Gasteiger partial charge in [0.1, 0.15) is 13.2 Å². The number of hydrogen-bond donors (Lipinski definition) is 0. The van der Waals surface area contributed by atoms with Crippen LogP contribution in [-0.4, -0.2) is 37.2 Å². The smallest absolute Gasteiger partial charge is 0.306 e. The molecule has 1 atom stereocenters. The molecule has 0 amide bonds. The third-order valence-corrected chi connectivity index (χ3v) is 12.8. The molecular weight excluding hydrogens is 949 g/mol. The first-order valence-electron chi connectivity index (χ1n) is 31.3. The molecule has 0 bridgehead atoms. The van der Waals surface area contributed by atoms with Crippen LogP contribution in [-0.2, 0) is 28.6 Å². The van der Waals surface area contributed by atoms with Crippen molar-refractivity contribution in [3.63, 3.8) is 0 Å². The van der Waals surface area contributed by atoms with E-state index in [4.69, 9.17) is 14.2 Å². The highest BCUT2D eigenvalue weighted by atomic mass is 16.6. The summed E-state index contributed by atoms with van der Waals surface area (Å²) in [7, 11) is 0. The first kappa shape index (κ1) is 72.3. The van der Waals surface area contributed by atoms with Crippen LogP contribution in [0.25, 0.3) is 0 Å². The summed E-state index contributed by atoms with van der Waals surface area (Å²) in [4.78, 5) is 38.1. The monoisotopic (exact) mass is 1060 g/mol. The van der Waals surface area contributed by atoms with E-state index >= 15 is 0 Å². The fraction of sp³-hybridized carbons (Fsp3) is 0.620. The lowest BCUT2D eigenvalue weighted by molar-refractivity contribution is -0.167. The maximum Gasteiger partial charge on any atom is 0.306 e. The van der Waals surface area contributed by atoms with Crippen LogP contribution < -0.4 is 0 Å². The molecular formula is C71H114O6. The zero-order valence-electron chi connectivity index (χ0n) is 49.7. The van der Waals surface area contributed by atoms with E-state index in [1.165, 1.54) is 57.8 Å². The van der Waals surface area contributed by atoms with Crippen molar-refractivity contribution in [3.05, 3.63) is 146 Å². The molecule has 77 heavy (non-hydrogen) atoms. The summed E-state index contributed by atoms with van der Waals surface area (Å²) >= 11 is 0. The molecule has 0 saturated heterocycles. The molecule has 0 aliphatic rings. The zero-order valence-corrected chi connectivity index (χ0v) is 49.7. The van der Waals surface area contributed by atoms with Gasteiger partial charge in [-0.25, -0.2) is 0 Å². The second-order valence-electron chi connectivity index (χ2n) is 20.2. The SMILES string of the molecule is CC/C=C\C/C=C\C/C=C\C/C=C\C/C=C\C/C=C\C/C=C\C/C=C\C/C=C\CCCCCCCCCC(=O)OCC(COC(=O)CCCCCCC/C=C\CCCC)OC(=O)CCCCCCC/C=C\C/C=C\CCC. The van der Waals surface area contributed by atoms with E-state index in [1.807, 2.05) is 0 Å². The lowest BCUT2D eigenvalue weighted by Gasteiger charge is -2.18.